The molecule has 0 bridgehead atoms. The highest BCUT2D eigenvalue weighted by Gasteiger charge is 2.27. The van der Waals surface area contributed by atoms with Gasteiger partial charge in [0.1, 0.15) is 5.82 Å². The van der Waals surface area contributed by atoms with E-state index >= 15 is 0 Å². The number of rotatable bonds is 4. The Morgan fingerprint density at radius 1 is 1.48 bits per heavy atom. The molecule has 0 aliphatic heterocycles. The summed E-state index contributed by atoms with van der Waals surface area (Å²) in [5.74, 6) is -0.139. The van der Waals surface area contributed by atoms with Crippen LogP contribution in [0.3, 0.4) is 0 Å². The summed E-state index contributed by atoms with van der Waals surface area (Å²) >= 11 is 0. The fraction of sp³-hybridized carbons (Fsp3) is 0.462. The van der Waals surface area contributed by atoms with Gasteiger partial charge in [0.2, 0.25) is 0 Å². The highest BCUT2D eigenvalue weighted by molar-refractivity contribution is 14.0. The Bertz CT molecular complexity index is 645. The molecule has 5 nitrogen and oxygen atoms in total. The Morgan fingerprint density at radius 3 is 2.62 bits per heavy atom. The minimum Gasteiger partial charge on any atom is -0.370 e. The van der Waals surface area contributed by atoms with Crippen molar-refractivity contribution in [2.75, 3.05) is 13.3 Å². The number of sulfone groups is 1. The summed E-state index contributed by atoms with van der Waals surface area (Å²) < 4.78 is 36.6. The second kappa shape index (κ2) is 6.91. The van der Waals surface area contributed by atoms with E-state index < -0.39 is 15.7 Å². The van der Waals surface area contributed by atoms with Crippen molar-refractivity contribution in [3.63, 3.8) is 0 Å². The van der Waals surface area contributed by atoms with Crippen LogP contribution in [-0.4, -0.2) is 38.6 Å². The number of aliphatic imine (C=N–C) groups is 1. The Balaban J connectivity index is 0.00000220. The molecule has 1 aromatic rings. The molecule has 0 heterocycles. The number of hydrogen-bond acceptors (Lipinski definition) is 3. The zero-order valence-corrected chi connectivity index (χ0v) is 15.1. The van der Waals surface area contributed by atoms with Crippen LogP contribution in [0.15, 0.2) is 28.1 Å². The summed E-state index contributed by atoms with van der Waals surface area (Å²) in [4.78, 5) is 6.07. The van der Waals surface area contributed by atoms with Crippen molar-refractivity contribution in [1.82, 2.24) is 4.90 Å². The average molecular weight is 427 g/mol. The third kappa shape index (κ3) is 4.80. The maximum Gasteiger partial charge on any atom is 0.191 e. The largest absolute Gasteiger partial charge is 0.370 e. The first-order valence-corrected chi connectivity index (χ1v) is 8.19. The number of halogens is 2. The maximum atomic E-state index is 13.7. The Hall–Kier alpha value is -0.900. The summed E-state index contributed by atoms with van der Waals surface area (Å²) in [7, 11) is -1.51. The van der Waals surface area contributed by atoms with Crippen LogP contribution >= 0.6 is 24.0 Å². The molecule has 1 aliphatic rings. The van der Waals surface area contributed by atoms with Gasteiger partial charge in [-0.15, -0.1) is 24.0 Å². The molecule has 0 unspecified atom stereocenters. The van der Waals surface area contributed by atoms with E-state index in [1.807, 2.05) is 11.9 Å². The lowest BCUT2D eigenvalue weighted by Crippen LogP contribution is -2.35. The lowest BCUT2D eigenvalue weighted by molar-refractivity contribution is 0.487. The van der Waals surface area contributed by atoms with Gasteiger partial charge >= 0.3 is 0 Å². The molecule has 1 saturated carbocycles. The van der Waals surface area contributed by atoms with E-state index in [0.29, 0.717) is 12.0 Å². The second-order valence-electron chi connectivity index (χ2n) is 5.04. The van der Waals surface area contributed by atoms with Crippen LogP contribution < -0.4 is 5.73 Å². The maximum absolute atomic E-state index is 13.7. The van der Waals surface area contributed by atoms with Crippen LogP contribution in [0.4, 0.5) is 4.39 Å². The van der Waals surface area contributed by atoms with Gasteiger partial charge in [-0.25, -0.2) is 17.8 Å². The molecular formula is C13H19FIN3O2S. The molecule has 1 aliphatic carbocycles. The fourth-order valence-corrected chi connectivity index (χ4v) is 2.50. The van der Waals surface area contributed by atoms with E-state index in [1.165, 1.54) is 12.1 Å². The van der Waals surface area contributed by atoms with Crippen LogP contribution in [0.25, 0.3) is 0 Å². The van der Waals surface area contributed by atoms with Gasteiger partial charge < -0.3 is 10.6 Å². The standard InChI is InChI=1S/C13H18FN3O2S.HI/c1-17(10-3-4-10)13(15)16-8-9-7-11(20(2,18)19)5-6-12(9)14;/h5-7,10H,3-4,8H2,1-2H3,(H2,15,16);1H. The minimum absolute atomic E-state index is 0. The minimum atomic E-state index is -3.36. The van der Waals surface area contributed by atoms with E-state index in [2.05, 4.69) is 4.99 Å². The Labute approximate surface area is 141 Å². The van der Waals surface area contributed by atoms with Crippen molar-refractivity contribution in [3.8, 4) is 0 Å². The third-order valence-corrected chi connectivity index (χ3v) is 4.42. The van der Waals surface area contributed by atoms with Crippen LogP contribution in [0, 0.1) is 5.82 Å². The van der Waals surface area contributed by atoms with Crippen molar-refractivity contribution >= 4 is 39.8 Å². The lowest BCUT2D eigenvalue weighted by atomic mass is 10.2. The molecular weight excluding hydrogens is 408 g/mol. The van der Waals surface area contributed by atoms with Gasteiger partial charge in [-0.2, -0.15) is 0 Å². The van der Waals surface area contributed by atoms with Crippen molar-refractivity contribution in [1.29, 1.82) is 0 Å². The number of guanidine groups is 1. The highest BCUT2D eigenvalue weighted by Crippen LogP contribution is 2.25. The fourth-order valence-electron chi connectivity index (χ4n) is 1.83. The first-order valence-electron chi connectivity index (χ1n) is 6.30. The molecule has 0 aromatic heterocycles. The molecule has 8 heteroatoms. The van der Waals surface area contributed by atoms with Crippen molar-refractivity contribution in [2.24, 2.45) is 10.7 Å². The zero-order chi connectivity index (χ0) is 14.9. The van der Waals surface area contributed by atoms with Gasteiger partial charge in [-0.3, -0.25) is 0 Å². The van der Waals surface area contributed by atoms with Crippen LogP contribution in [0.5, 0.6) is 0 Å². The van der Waals surface area contributed by atoms with Gasteiger partial charge in [-0.1, -0.05) is 0 Å². The van der Waals surface area contributed by atoms with Crippen molar-refractivity contribution in [3.05, 3.63) is 29.6 Å². The quantitative estimate of drug-likeness (QED) is 0.344. The zero-order valence-electron chi connectivity index (χ0n) is 11.9. The van der Waals surface area contributed by atoms with Crippen LogP contribution in [-0.2, 0) is 16.4 Å². The number of nitrogens with zero attached hydrogens (tertiary/aromatic N) is 2. The van der Waals surface area contributed by atoms with E-state index in [-0.39, 0.29) is 41.0 Å². The van der Waals surface area contributed by atoms with Crippen LogP contribution in [0.1, 0.15) is 18.4 Å². The molecule has 0 radical (unpaired) electrons. The Kier molecular flexibility index (Phi) is 5.97. The van der Waals surface area contributed by atoms with Crippen molar-refractivity contribution < 1.29 is 12.8 Å². The SMILES string of the molecule is CN(C(N)=NCc1cc(S(C)(=O)=O)ccc1F)C1CC1.I. The predicted octanol–water partition coefficient (Wildman–Crippen LogP) is 1.76. The van der Waals surface area contributed by atoms with E-state index in [0.717, 1.165) is 25.2 Å². The molecule has 2 rings (SSSR count). The average Bonchev–Trinajstić information content (AvgIpc) is 3.19. The smallest absolute Gasteiger partial charge is 0.191 e. The van der Waals surface area contributed by atoms with E-state index in [1.54, 1.807) is 0 Å². The molecule has 1 aromatic carbocycles. The van der Waals surface area contributed by atoms with E-state index in [9.17, 15) is 12.8 Å². The summed E-state index contributed by atoms with van der Waals surface area (Å²) in [5.41, 5.74) is 6.04. The summed E-state index contributed by atoms with van der Waals surface area (Å²) in [6.45, 7) is 0.0259. The van der Waals surface area contributed by atoms with Gasteiger partial charge in [0.05, 0.1) is 11.4 Å². The number of hydrogen-bond donors (Lipinski definition) is 1. The van der Waals surface area contributed by atoms with Gasteiger partial charge in [0, 0.05) is 24.9 Å². The topological polar surface area (TPSA) is 75.8 Å². The molecule has 2 N–H and O–H groups in total. The predicted molar refractivity (Wildman–Crippen MR) is 91.0 cm³/mol. The van der Waals surface area contributed by atoms with Crippen molar-refractivity contribution in [2.45, 2.75) is 30.3 Å². The first-order chi connectivity index (χ1) is 9.29. The second-order valence-corrected chi connectivity index (χ2v) is 7.06. The van der Waals surface area contributed by atoms with Gasteiger partial charge in [-0.05, 0) is 31.0 Å². The molecule has 1 fully saturated rings. The molecule has 0 spiro atoms. The Morgan fingerprint density at radius 2 is 2.10 bits per heavy atom. The third-order valence-electron chi connectivity index (χ3n) is 3.31. The number of benzene rings is 1. The lowest BCUT2D eigenvalue weighted by Gasteiger charge is -2.16. The summed E-state index contributed by atoms with van der Waals surface area (Å²) in [5, 5.41) is 0. The van der Waals surface area contributed by atoms with Crippen LogP contribution in [0.2, 0.25) is 0 Å². The monoisotopic (exact) mass is 427 g/mol. The molecule has 0 amide bonds. The number of nitrogens with two attached hydrogens (primary N) is 1. The highest BCUT2D eigenvalue weighted by atomic mass is 127. The summed E-state index contributed by atoms with van der Waals surface area (Å²) in [6, 6.07) is 4.11. The van der Waals surface area contributed by atoms with E-state index in [4.69, 9.17) is 5.73 Å². The molecule has 21 heavy (non-hydrogen) atoms. The first kappa shape index (κ1) is 18.1. The normalized spacial score (nSPS) is 15.5. The molecule has 0 atom stereocenters. The summed E-state index contributed by atoms with van der Waals surface area (Å²) in [6.07, 6.45) is 3.26. The van der Waals surface area contributed by atoms with Gasteiger partial charge in [0.15, 0.2) is 15.8 Å². The molecule has 0 saturated heterocycles. The molecule has 118 valence electrons. The van der Waals surface area contributed by atoms with Gasteiger partial charge in [0.25, 0.3) is 0 Å².